The maximum atomic E-state index is 12.5. The molecule has 2 aromatic rings. The van der Waals surface area contributed by atoms with Gasteiger partial charge in [0.2, 0.25) is 10.0 Å². The van der Waals surface area contributed by atoms with E-state index < -0.39 is 10.0 Å². The van der Waals surface area contributed by atoms with Crippen molar-refractivity contribution in [3.63, 3.8) is 0 Å². The summed E-state index contributed by atoms with van der Waals surface area (Å²) < 4.78 is 30.0. The maximum Gasteiger partial charge on any atom is 0.253 e. The first-order valence-electron chi connectivity index (χ1n) is 7.35. The smallest absolute Gasteiger partial charge is 0.253 e. The van der Waals surface area contributed by atoms with E-state index in [1.54, 1.807) is 19.1 Å². The number of hydrogen-bond donors (Lipinski definition) is 1. The second-order valence-electron chi connectivity index (χ2n) is 5.58. The van der Waals surface area contributed by atoms with E-state index in [9.17, 15) is 13.2 Å². The normalized spacial score (nSPS) is 11.0. The van der Waals surface area contributed by atoms with E-state index in [2.05, 4.69) is 4.72 Å². The number of carbonyl (C=O) groups excluding carboxylic acids is 1. The third kappa shape index (κ3) is 5.37. The molecule has 134 valence electrons. The molecule has 0 fully saturated rings. The second-order valence-corrected chi connectivity index (χ2v) is 7.73. The van der Waals surface area contributed by atoms with Crippen molar-refractivity contribution in [1.29, 1.82) is 0 Å². The van der Waals surface area contributed by atoms with Gasteiger partial charge in [0.15, 0.2) is 0 Å². The van der Waals surface area contributed by atoms with Crippen LogP contribution in [0.3, 0.4) is 0 Å². The third-order valence-corrected chi connectivity index (χ3v) is 4.34. The Morgan fingerprint density at radius 3 is 2.36 bits per heavy atom. The zero-order chi connectivity index (χ0) is 18.6. The first-order valence-corrected chi connectivity index (χ1v) is 9.62. The van der Waals surface area contributed by atoms with Crippen LogP contribution in [0.25, 0.3) is 0 Å². The van der Waals surface area contributed by atoms with E-state index in [4.69, 9.17) is 16.3 Å². The number of methoxy groups -OCH3 is 1. The Morgan fingerprint density at radius 2 is 1.84 bits per heavy atom. The van der Waals surface area contributed by atoms with Gasteiger partial charge in [-0.1, -0.05) is 23.7 Å². The Bertz CT molecular complexity index is 867. The first-order chi connectivity index (χ1) is 11.7. The summed E-state index contributed by atoms with van der Waals surface area (Å²) in [5.41, 5.74) is 1.57. The Balaban J connectivity index is 2.11. The van der Waals surface area contributed by atoms with Crippen LogP contribution in [0.5, 0.6) is 5.75 Å². The van der Waals surface area contributed by atoms with Gasteiger partial charge in [-0.15, -0.1) is 0 Å². The van der Waals surface area contributed by atoms with Crippen molar-refractivity contribution in [2.75, 3.05) is 25.1 Å². The molecule has 0 aliphatic carbocycles. The van der Waals surface area contributed by atoms with Crippen LogP contribution in [0.4, 0.5) is 5.69 Å². The monoisotopic (exact) mass is 382 g/mol. The lowest BCUT2D eigenvalue weighted by atomic mass is 10.1. The predicted octanol–water partition coefficient (Wildman–Crippen LogP) is 2.99. The molecule has 2 rings (SSSR count). The third-order valence-electron chi connectivity index (χ3n) is 3.44. The topological polar surface area (TPSA) is 75.7 Å². The summed E-state index contributed by atoms with van der Waals surface area (Å²) in [6.45, 7) is 0.420. The predicted molar refractivity (Wildman–Crippen MR) is 98.7 cm³/mol. The van der Waals surface area contributed by atoms with E-state index in [1.165, 1.54) is 18.2 Å². The second kappa shape index (κ2) is 7.76. The number of nitrogens with one attached hydrogen (secondary N) is 1. The number of ether oxygens (including phenoxy) is 1. The lowest BCUT2D eigenvalue weighted by Crippen LogP contribution is -2.26. The van der Waals surface area contributed by atoms with Crippen LogP contribution < -0.4 is 9.46 Å². The minimum atomic E-state index is -3.44. The van der Waals surface area contributed by atoms with Crippen molar-refractivity contribution in [3.8, 4) is 5.75 Å². The number of nitrogens with zero attached hydrogens (tertiary/aromatic N) is 1. The molecule has 0 aliphatic rings. The Kier molecular flexibility index (Phi) is 5.92. The molecule has 8 heteroatoms. The minimum absolute atomic E-state index is 0.161. The summed E-state index contributed by atoms with van der Waals surface area (Å²) in [6, 6.07) is 11.9. The molecule has 0 bridgehead atoms. The lowest BCUT2D eigenvalue weighted by molar-refractivity contribution is 0.0785. The summed E-state index contributed by atoms with van der Waals surface area (Å²) >= 11 is 6.07. The number of rotatable bonds is 6. The molecule has 0 unspecified atom stereocenters. The molecular formula is C17H19ClN2O4S. The van der Waals surface area contributed by atoms with Gasteiger partial charge in [-0.25, -0.2) is 8.42 Å². The molecule has 0 atom stereocenters. The quantitative estimate of drug-likeness (QED) is 0.833. The highest BCUT2D eigenvalue weighted by atomic mass is 35.5. The fourth-order valence-corrected chi connectivity index (χ4v) is 3.09. The van der Waals surface area contributed by atoms with Gasteiger partial charge in [0.05, 0.1) is 24.1 Å². The van der Waals surface area contributed by atoms with Crippen LogP contribution >= 0.6 is 11.6 Å². The fraction of sp³-hybridized carbons (Fsp3) is 0.235. The number of halogens is 1. The first kappa shape index (κ1) is 19.1. The minimum Gasteiger partial charge on any atom is -0.497 e. The molecule has 1 amide bonds. The number of sulfonamides is 1. The largest absolute Gasteiger partial charge is 0.497 e. The number of hydrogen-bond acceptors (Lipinski definition) is 4. The molecular weight excluding hydrogens is 364 g/mol. The molecule has 25 heavy (non-hydrogen) atoms. The van der Waals surface area contributed by atoms with Crippen molar-refractivity contribution < 1.29 is 17.9 Å². The van der Waals surface area contributed by atoms with E-state index in [0.717, 1.165) is 17.6 Å². The zero-order valence-electron chi connectivity index (χ0n) is 14.1. The molecule has 2 aromatic carbocycles. The summed E-state index contributed by atoms with van der Waals surface area (Å²) in [4.78, 5) is 14.1. The number of amides is 1. The van der Waals surface area contributed by atoms with Crippen LogP contribution in [0.2, 0.25) is 5.02 Å². The van der Waals surface area contributed by atoms with E-state index in [0.29, 0.717) is 12.1 Å². The molecule has 0 radical (unpaired) electrons. The van der Waals surface area contributed by atoms with Gasteiger partial charge in [-0.3, -0.25) is 9.52 Å². The average Bonchev–Trinajstić information content (AvgIpc) is 2.55. The van der Waals surface area contributed by atoms with E-state index >= 15 is 0 Å². The van der Waals surface area contributed by atoms with Gasteiger partial charge in [0.25, 0.3) is 5.91 Å². The number of anilines is 1. The van der Waals surface area contributed by atoms with Gasteiger partial charge in [0.1, 0.15) is 5.75 Å². The van der Waals surface area contributed by atoms with Crippen LogP contribution in [-0.4, -0.2) is 39.6 Å². The molecule has 1 N–H and O–H groups in total. The Morgan fingerprint density at radius 1 is 1.20 bits per heavy atom. The van der Waals surface area contributed by atoms with Crippen molar-refractivity contribution >= 4 is 33.2 Å². The standard InChI is InChI=1S/C17H19ClN2O4S/c1-20(11-12-4-7-14(24-2)8-5-12)17(21)13-6-9-16(15(18)10-13)19-25(3,22)23/h4-10,19H,11H2,1-3H3. The average molecular weight is 383 g/mol. The Hall–Kier alpha value is -2.25. The summed E-state index contributed by atoms with van der Waals surface area (Å²) in [5, 5.41) is 0.161. The molecule has 0 aliphatic heterocycles. The number of carbonyl (C=O) groups is 1. The van der Waals surface area contributed by atoms with Gasteiger partial charge < -0.3 is 9.64 Å². The van der Waals surface area contributed by atoms with Crippen molar-refractivity contribution in [3.05, 3.63) is 58.6 Å². The Labute approximate surface area is 152 Å². The van der Waals surface area contributed by atoms with Crippen LogP contribution in [0, 0.1) is 0 Å². The fourth-order valence-electron chi connectivity index (χ4n) is 2.23. The zero-order valence-corrected chi connectivity index (χ0v) is 15.7. The van der Waals surface area contributed by atoms with Gasteiger partial charge in [-0.2, -0.15) is 0 Å². The summed E-state index contributed by atoms with van der Waals surface area (Å²) in [7, 11) is -0.158. The highest BCUT2D eigenvalue weighted by molar-refractivity contribution is 7.92. The summed E-state index contributed by atoms with van der Waals surface area (Å²) in [5.74, 6) is 0.530. The van der Waals surface area contributed by atoms with Crippen molar-refractivity contribution in [2.45, 2.75) is 6.54 Å². The van der Waals surface area contributed by atoms with Gasteiger partial charge in [0, 0.05) is 19.2 Å². The molecule has 0 saturated heterocycles. The van der Waals surface area contributed by atoms with Crippen LogP contribution in [0.15, 0.2) is 42.5 Å². The van der Waals surface area contributed by atoms with Crippen LogP contribution in [0.1, 0.15) is 15.9 Å². The van der Waals surface area contributed by atoms with Crippen LogP contribution in [-0.2, 0) is 16.6 Å². The summed E-state index contributed by atoms with van der Waals surface area (Å²) in [6.07, 6.45) is 1.03. The molecule has 0 heterocycles. The maximum absolute atomic E-state index is 12.5. The highest BCUT2D eigenvalue weighted by Crippen LogP contribution is 2.24. The van der Waals surface area contributed by atoms with Gasteiger partial charge in [-0.05, 0) is 35.9 Å². The lowest BCUT2D eigenvalue weighted by Gasteiger charge is -2.18. The molecule has 0 saturated carbocycles. The van der Waals surface area contributed by atoms with Gasteiger partial charge >= 0.3 is 0 Å². The van der Waals surface area contributed by atoms with E-state index in [-0.39, 0.29) is 16.6 Å². The SMILES string of the molecule is COc1ccc(CN(C)C(=O)c2ccc(NS(C)(=O)=O)c(Cl)c2)cc1. The van der Waals surface area contributed by atoms with Crippen molar-refractivity contribution in [1.82, 2.24) is 4.90 Å². The highest BCUT2D eigenvalue weighted by Gasteiger charge is 2.15. The molecule has 0 spiro atoms. The van der Waals surface area contributed by atoms with Crippen molar-refractivity contribution in [2.24, 2.45) is 0 Å². The van der Waals surface area contributed by atoms with E-state index in [1.807, 2.05) is 24.3 Å². The molecule has 6 nitrogen and oxygen atoms in total. The number of benzene rings is 2. The molecule has 0 aromatic heterocycles.